The minimum absolute atomic E-state index is 3.10. The average Bonchev–Trinajstić information content (AvgIpc) is 3.08. The maximum Gasteiger partial charge on any atom is 0.460 e. The Labute approximate surface area is 335 Å². The Balaban J connectivity index is 6.71. The predicted octanol–water partition coefficient (Wildman–Crippen LogP) is 14.3. The molecule has 0 aromatic rings. The van der Waals surface area contributed by atoms with Crippen LogP contribution in [0.25, 0.3) is 0 Å². The molecule has 0 saturated heterocycles. The third kappa shape index (κ3) is 8.21. The van der Waals surface area contributed by atoms with Crippen LogP contribution in [-0.2, 0) is 4.74 Å². The first kappa shape index (κ1) is 64.0. The maximum absolute atomic E-state index is 13.9. The van der Waals surface area contributed by atoms with E-state index in [9.17, 15) is 184 Å². The lowest BCUT2D eigenvalue weighted by Crippen LogP contribution is -2.76. The molecule has 0 bridgehead atoms. The lowest BCUT2D eigenvalue weighted by molar-refractivity contribution is -0.474. The van der Waals surface area contributed by atoms with Gasteiger partial charge in [0.15, 0.2) is 0 Å². The highest BCUT2D eigenvalue weighted by molar-refractivity contribution is 5.19. The van der Waals surface area contributed by atoms with Crippen molar-refractivity contribution in [2.45, 2.75) is 132 Å². The largest absolute Gasteiger partial charge is 0.460 e. The highest BCUT2D eigenvalue weighted by atomic mass is 19.5. The summed E-state index contributed by atoms with van der Waals surface area (Å²) in [5.41, 5.74) is 0. The molecule has 0 aliphatic carbocycles. The SMILES string of the molecule is FC(F)(F)C(F)(F)C(F)(F)C(F)(F)C(F)(F)C(F)(F)C(F)(F)C(F)(F)C(F)(F)C(F)(F)CCOCCC(F)(F)C(F)(F)C(F)(F)C(F)(F)C(F)(F)C(F)(F)C(F)(F)C(F)(F)C(F)(F)C(F)(F)F. The van der Waals surface area contributed by atoms with E-state index in [2.05, 4.69) is 4.74 Å². The Morgan fingerprint density at radius 1 is 0.164 bits per heavy atom. The molecule has 0 radical (unpaired) electrons. The van der Waals surface area contributed by atoms with Crippen LogP contribution in [0, 0.1) is 0 Å². The monoisotopic (exact) mass is 1110 g/mol. The van der Waals surface area contributed by atoms with Crippen LogP contribution >= 0.6 is 0 Å². The van der Waals surface area contributed by atoms with E-state index >= 15 is 0 Å². The number of rotatable bonds is 22. The van der Waals surface area contributed by atoms with Crippen molar-refractivity contribution < 1.29 is 189 Å². The molecule has 0 spiro atoms. The van der Waals surface area contributed by atoms with Crippen LogP contribution in [0.4, 0.5) is 184 Å². The molecule has 43 heteroatoms. The topological polar surface area (TPSA) is 9.23 Å². The number of ether oxygens (including phenoxy) is 1. The molecule has 0 aliphatic rings. The Hall–Kier alpha value is -2.98. The molecular formula is C24H8F42O. The summed E-state index contributed by atoms with van der Waals surface area (Å²) in [5.74, 6) is -164. The van der Waals surface area contributed by atoms with Gasteiger partial charge >= 0.3 is 119 Å². The van der Waals surface area contributed by atoms with Crippen molar-refractivity contribution in [2.75, 3.05) is 13.2 Å². The Morgan fingerprint density at radius 2 is 0.284 bits per heavy atom. The number of hydrogen-bond donors (Lipinski definition) is 0. The Morgan fingerprint density at radius 3 is 0.418 bits per heavy atom. The number of alkyl halides is 42. The van der Waals surface area contributed by atoms with Crippen molar-refractivity contribution in [3.05, 3.63) is 0 Å². The third-order valence-corrected chi connectivity index (χ3v) is 8.27. The highest BCUT2D eigenvalue weighted by Crippen LogP contribution is 2.69. The molecule has 0 saturated carbocycles. The fourth-order valence-corrected chi connectivity index (χ4v) is 4.00. The van der Waals surface area contributed by atoms with E-state index in [1.807, 2.05) is 0 Å². The molecule has 0 heterocycles. The lowest BCUT2D eigenvalue weighted by Gasteiger charge is -2.44. The van der Waals surface area contributed by atoms with Gasteiger partial charge in [0.2, 0.25) is 0 Å². The second-order valence-electron chi connectivity index (χ2n) is 12.7. The molecule has 0 atom stereocenters. The van der Waals surface area contributed by atoms with E-state index in [-0.39, 0.29) is 0 Å². The van der Waals surface area contributed by atoms with Gasteiger partial charge in [0, 0.05) is 12.8 Å². The summed E-state index contributed by atoms with van der Waals surface area (Å²) in [6, 6.07) is 0. The molecule has 0 unspecified atom stereocenters. The van der Waals surface area contributed by atoms with Crippen LogP contribution in [0.5, 0.6) is 0 Å². The van der Waals surface area contributed by atoms with Crippen molar-refractivity contribution in [1.82, 2.24) is 0 Å². The first-order valence-corrected chi connectivity index (χ1v) is 14.7. The zero-order valence-corrected chi connectivity index (χ0v) is 29.1. The van der Waals surface area contributed by atoms with Gasteiger partial charge in [-0.05, 0) is 0 Å². The van der Waals surface area contributed by atoms with Gasteiger partial charge in [-0.15, -0.1) is 0 Å². The van der Waals surface area contributed by atoms with E-state index < -0.39 is 145 Å². The second kappa shape index (κ2) is 16.3. The van der Waals surface area contributed by atoms with Crippen molar-refractivity contribution in [3.63, 3.8) is 0 Å². The van der Waals surface area contributed by atoms with Crippen LogP contribution in [0.15, 0.2) is 0 Å². The minimum atomic E-state index is -9.67. The quantitative estimate of drug-likeness (QED) is 0.0775. The summed E-state index contributed by atoms with van der Waals surface area (Å²) in [6.07, 6.45) is -24.5. The standard InChI is InChI=1S/C24H8F42O/c25-5(26,7(29,30)9(33,34)11(37,38)13(41,42)15(45,46)17(49,50)19(53,54)21(57,58)23(61,62)63)1-3-67-4-2-6(27,28)8(31,32)10(35,36)12(39,40)14(43,44)16(47,48)18(51,52)20(55,56)22(59,60)24(64,65)66/h1-4H2. The average molecular weight is 1110 g/mol. The maximum atomic E-state index is 13.9. The zero-order valence-electron chi connectivity index (χ0n) is 29.1. The Kier molecular flexibility index (Phi) is 15.6. The summed E-state index contributed by atoms with van der Waals surface area (Å²) >= 11 is 0. The molecule has 0 aliphatic heterocycles. The molecule has 404 valence electrons. The summed E-state index contributed by atoms with van der Waals surface area (Å²) in [6.45, 7) is -6.39. The van der Waals surface area contributed by atoms with Gasteiger partial charge in [0.05, 0.1) is 13.2 Å². The number of halogens is 42. The van der Waals surface area contributed by atoms with Crippen LogP contribution in [0.2, 0.25) is 0 Å². The fraction of sp³-hybridized carbons (Fsp3) is 1.00. The van der Waals surface area contributed by atoms with Gasteiger partial charge in [0.1, 0.15) is 0 Å². The van der Waals surface area contributed by atoms with Gasteiger partial charge < -0.3 is 4.74 Å². The molecule has 0 aromatic carbocycles. The number of hydrogen-bond acceptors (Lipinski definition) is 1. The van der Waals surface area contributed by atoms with E-state index in [0.29, 0.717) is 0 Å². The van der Waals surface area contributed by atoms with Gasteiger partial charge in [-0.25, -0.2) is 0 Å². The van der Waals surface area contributed by atoms with Crippen molar-refractivity contribution >= 4 is 0 Å². The molecule has 0 N–H and O–H groups in total. The predicted molar refractivity (Wildman–Crippen MR) is 121 cm³/mol. The third-order valence-electron chi connectivity index (χ3n) is 8.27. The second-order valence-corrected chi connectivity index (χ2v) is 12.7. The van der Waals surface area contributed by atoms with E-state index in [4.69, 9.17) is 0 Å². The minimum Gasteiger partial charge on any atom is -0.381 e. The first-order valence-electron chi connectivity index (χ1n) is 14.7. The van der Waals surface area contributed by atoms with Gasteiger partial charge in [0.25, 0.3) is 0 Å². The smallest absolute Gasteiger partial charge is 0.381 e. The summed E-state index contributed by atoms with van der Waals surface area (Å²) < 4.78 is 566. The van der Waals surface area contributed by atoms with Crippen molar-refractivity contribution in [1.29, 1.82) is 0 Å². The summed E-state index contributed by atoms with van der Waals surface area (Å²) in [7, 11) is 0. The van der Waals surface area contributed by atoms with E-state index in [0.717, 1.165) is 0 Å². The lowest BCUT2D eigenvalue weighted by atomic mass is 9.86. The van der Waals surface area contributed by atoms with Crippen molar-refractivity contribution in [2.24, 2.45) is 0 Å². The molecule has 0 amide bonds. The Bertz CT molecular complexity index is 1600. The highest BCUT2D eigenvalue weighted by Gasteiger charge is 3.00. The van der Waals surface area contributed by atoms with Crippen LogP contribution in [-0.4, -0.2) is 132 Å². The van der Waals surface area contributed by atoms with Gasteiger partial charge in [-0.3, -0.25) is 0 Å². The zero-order chi connectivity index (χ0) is 55.5. The first-order chi connectivity index (χ1) is 28.2. The van der Waals surface area contributed by atoms with Crippen LogP contribution in [0.3, 0.4) is 0 Å². The van der Waals surface area contributed by atoms with E-state index in [1.165, 1.54) is 0 Å². The van der Waals surface area contributed by atoms with Crippen LogP contribution in [0.1, 0.15) is 12.8 Å². The van der Waals surface area contributed by atoms with E-state index in [1.54, 1.807) is 0 Å². The molecule has 0 aromatic heterocycles. The molecule has 1 nitrogen and oxygen atoms in total. The molecule has 67 heavy (non-hydrogen) atoms. The summed E-state index contributed by atoms with van der Waals surface area (Å²) in [5, 5.41) is 0. The van der Waals surface area contributed by atoms with Gasteiger partial charge in [-0.2, -0.15) is 184 Å². The molecule has 0 fully saturated rings. The molecular weight excluding hydrogens is 1100 g/mol. The molecule has 0 rings (SSSR count). The van der Waals surface area contributed by atoms with Crippen LogP contribution < -0.4 is 0 Å². The van der Waals surface area contributed by atoms with Gasteiger partial charge in [-0.1, -0.05) is 0 Å². The summed E-state index contributed by atoms with van der Waals surface area (Å²) in [4.78, 5) is 0. The van der Waals surface area contributed by atoms with Crippen molar-refractivity contribution in [3.8, 4) is 0 Å². The normalized spacial score (nSPS) is 17.1. The fourth-order valence-electron chi connectivity index (χ4n) is 4.00.